The van der Waals surface area contributed by atoms with E-state index in [1.807, 2.05) is 0 Å². The molecule has 1 N–H and O–H groups in total. The predicted octanol–water partition coefficient (Wildman–Crippen LogP) is 2.73. The first-order valence-electron chi connectivity index (χ1n) is 8.13. The largest absolute Gasteiger partial charge is 0.351 e. The Morgan fingerprint density at radius 3 is 2.48 bits per heavy atom. The van der Waals surface area contributed by atoms with Crippen LogP contribution in [0.4, 0.5) is 4.39 Å². The van der Waals surface area contributed by atoms with Crippen molar-refractivity contribution in [3.63, 3.8) is 0 Å². The lowest BCUT2D eigenvalue weighted by Gasteiger charge is -2.35. The van der Waals surface area contributed by atoms with E-state index in [4.69, 9.17) is 0 Å². The number of amides is 2. The quantitative estimate of drug-likeness (QED) is 0.867. The Morgan fingerprint density at radius 1 is 1.26 bits per heavy atom. The minimum absolute atomic E-state index is 0.0826. The third-order valence-corrected chi connectivity index (χ3v) is 4.57. The zero-order valence-corrected chi connectivity index (χ0v) is 14.1. The van der Waals surface area contributed by atoms with E-state index in [1.165, 1.54) is 6.07 Å². The number of nitrogens with zero attached hydrogens (tertiary/aromatic N) is 1. The van der Waals surface area contributed by atoms with Crippen LogP contribution in [-0.4, -0.2) is 29.8 Å². The van der Waals surface area contributed by atoms with E-state index in [0.717, 1.165) is 12.8 Å². The van der Waals surface area contributed by atoms with Gasteiger partial charge < -0.3 is 10.2 Å². The summed E-state index contributed by atoms with van der Waals surface area (Å²) in [6, 6.07) is 6.30. The molecular formula is C18H25FN2O2. The second-order valence-electron chi connectivity index (χ2n) is 6.87. The summed E-state index contributed by atoms with van der Waals surface area (Å²) in [5.41, 5.74) is -0.734. The van der Waals surface area contributed by atoms with Crippen LogP contribution in [0.25, 0.3) is 0 Å². The monoisotopic (exact) mass is 320 g/mol. The van der Waals surface area contributed by atoms with Crippen LogP contribution in [0.5, 0.6) is 0 Å². The maximum Gasteiger partial charge on any atom is 0.237 e. The van der Waals surface area contributed by atoms with Crippen molar-refractivity contribution < 1.29 is 14.0 Å². The lowest BCUT2D eigenvalue weighted by Crippen LogP contribution is -2.51. The normalized spacial score (nSPS) is 16.3. The Hall–Kier alpha value is -1.91. The minimum atomic E-state index is -1.15. The van der Waals surface area contributed by atoms with Crippen LogP contribution < -0.4 is 5.32 Å². The molecule has 0 unspecified atom stereocenters. The molecule has 0 atom stereocenters. The number of nitrogens with one attached hydrogen (secondary N) is 1. The zero-order chi connectivity index (χ0) is 17.0. The Bertz CT molecular complexity index is 578. The molecular weight excluding hydrogens is 295 g/mol. The second-order valence-corrected chi connectivity index (χ2v) is 6.87. The summed E-state index contributed by atoms with van der Waals surface area (Å²) in [6.07, 6.45) is 1.94. The summed E-state index contributed by atoms with van der Waals surface area (Å²) in [7, 11) is 0. The molecule has 1 saturated heterocycles. The van der Waals surface area contributed by atoms with Crippen molar-refractivity contribution in [1.82, 2.24) is 10.2 Å². The van der Waals surface area contributed by atoms with Gasteiger partial charge in [0.1, 0.15) is 11.2 Å². The third-order valence-electron chi connectivity index (χ3n) is 4.57. The van der Waals surface area contributed by atoms with Crippen molar-refractivity contribution in [3.05, 3.63) is 35.6 Å². The van der Waals surface area contributed by atoms with Gasteiger partial charge in [0.25, 0.3) is 0 Å². The fourth-order valence-electron chi connectivity index (χ4n) is 2.74. The van der Waals surface area contributed by atoms with Crippen LogP contribution >= 0.6 is 0 Å². The van der Waals surface area contributed by atoms with E-state index in [-0.39, 0.29) is 24.2 Å². The Kier molecular flexibility index (Phi) is 5.39. The van der Waals surface area contributed by atoms with Crippen molar-refractivity contribution in [3.8, 4) is 0 Å². The number of benzene rings is 1. The third kappa shape index (κ3) is 4.09. The van der Waals surface area contributed by atoms with Gasteiger partial charge in [-0.15, -0.1) is 0 Å². The van der Waals surface area contributed by atoms with Gasteiger partial charge in [-0.3, -0.25) is 9.59 Å². The molecule has 0 radical (unpaired) electrons. The number of carbonyl (C=O) groups excluding carboxylic acids is 2. The van der Waals surface area contributed by atoms with E-state index < -0.39 is 5.41 Å². The highest BCUT2D eigenvalue weighted by atomic mass is 19.1. The molecule has 0 bridgehead atoms. The van der Waals surface area contributed by atoms with Crippen molar-refractivity contribution in [2.75, 3.05) is 13.1 Å². The molecule has 23 heavy (non-hydrogen) atoms. The highest BCUT2D eigenvalue weighted by Crippen LogP contribution is 2.24. The molecule has 1 aromatic rings. The van der Waals surface area contributed by atoms with Gasteiger partial charge in [-0.2, -0.15) is 0 Å². The average molecular weight is 320 g/mol. The van der Waals surface area contributed by atoms with E-state index in [0.29, 0.717) is 24.6 Å². The number of rotatable bonds is 4. The molecule has 0 saturated carbocycles. The molecule has 2 rings (SSSR count). The SMILES string of the molecule is CC1CCN(C(=O)C(C)(C)C(=O)NCc2ccccc2F)CC1. The van der Waals surface area contributed by atoms with Gasteiger partial charge in [-0.05, 0) is 38.7 Å². The number of piperidine rings is 1. The molecule has 1 heterocycles. The van der Waals surface area contributed by atoms with Gasteiger partial charge >= 0.3 is 0 Å². The van der Waals surface area contributed by atoms with Crippen LogP contribution in [0.3, 0.4) is 0 Å². The highest BCUT2D eigenvalue weighted by Gasteiger charge is 2.39. The van der Waals surface area contributed by atoms with E-state index in [2.05, 4.69) is 12.2 Å². The molecule has 0 aromatic heterocycles. The first-order chi connectivity index (χ1) is 10.8. The van der Waals surface area contributed by atoms with Crippen LogP contribution in [0, 0.1) is 17.2 Å². The number of likely N-dealkylation sites (tertiary alicyclic amines) is 1. The van der Waals surface area contributed by atoms with Crippen LogP contribution in [0.15, 0.2) is 24.3 Å². The minimum Gasteiger partial charge on any atom is -0.351 e. The first-order valence-corrected chi connectivity index (χ1v) is 8.13. The van der Waals surface area contributed by atoms with Gasteiger partial charge in [-0.25, -0.2) is 4.39 Å². The second kappa shape index (κ2) is 7.11. The number of hydrogen-bond acceptors (Lipinski definition) is 2. The molecule has 1 fully saturated rings. The first kappa shape index (κ1) is 17.4. The van der Waals surface area contributed by atoms with Crippen LogP contribution in [0.2, 0.25) is 0 Å². The Labute approximate surface area is 137 Å². The van der Waals surface area contributed by atoms with Crippen LogP contribution in [-0.2, 0) is 16.1 Å². The molecule has 1 aromatic carbocycles. The van der Waals surface area contributed by atoms with Crippen LogP contribution in [0.1, 0.15) is 39.2 Å². The van der Waals surface area contributed by atoms with Crippen molar-refractivity contribution in [2.45, 2.75) is 40.2 Å². The maximum absolute atomic E-state index is 13.6. The maximum atomic E-state index is 13.6. The molecule has 2 amide bonds. The zero-order valence-electron chi connectivity index (χ0n) is 14.1. The number of carbonyl (C=O) groups is 2. The molecule has 1 aliphatic rings. The molecule has 5 heteroatoms. The van der Waals surface area contributed by atoms with Gasteiger partial charge in [0, 0.05) is 25.2 Å². The summed E-state index contributed by atoms with van der Waals surface area (Å²) in [5, 5.41) is 2.68. The molecule has 4 nitrogen and oxygen atoms in total. The Balaban J connectivity index is 1.96. The molecule has 1 aliphatic heterocycles. The lowest BCUT2D eigenvalue weighted by atomic mass is 9.88. The molecule has 0 aliphatic carbocycles. The summed E-state index contributed by atoms with van der Waals surface area (Å²) in [6.45, 7) is 6.91. The lowest BCUT2D eigenvalue weighted by molar-refractivity contribution is -0.149. The summed E-state index contributed by atoms with van der Waals surface area (Å²) in [5.74, 6) is -0.265. The fraction of sp³-hybridized carbons (Fsp3) is 0.556. The van der Waals surface area contributed by atoms with Crippen molar-refractivity contribution in [1.29, 1.82) is 0 Å². The molecule has 126 valence electrons. The number of halogens is 1. The highest BCUT2D eigenvalue weighted by molar-refractivity contribution is 6.04. The molecule has 0 spiro atoms. The van der Waals surface area contributed by atoms with Gasteiger partial charge in [0.05, 0.1) is 0 Å². The van der Waals surface area contributed by atoms with E-state index in [9.17, 15) is 14.0 Å². The van der Waals surface area contributed by atoms with Crippen molar-refractivity contribution >= 4 is 11.8 Å². The van der Waals surface area contributed by atoms with Gasteiger partial charge in [0.2, 0.25) is 11.8 Å². The predicted molar refractivity (Wildman–Crippen MR) is 87.0 cm³/mol. The van der Waals surface area contributed by atoms with Gasteiger partial charge in [0.15, 0.2) is 0 Å². The summed E-state index contributed by atoms with van der Waals surface area (Å²) >= 11 is 0. The average Bonchev–Trinajstić information content (AvgIpc) is 2.53. The Morgan fingerprint density at radius 2 is 1.87 bits per heavy atom. The van der Waals surface area contributed by atoms with E-state index in [1.54, 1.807) is 36.9 Å². The van der Waals surface area contributed by atoms with Crippen molar-refractivity contribution in [2.24, 2.45) is 11.3 Å². The van der Waals surface area contributed by atoms with Gasteiger partial charge in [-0.1, -0.05) is 25.1 Å². The number of hydrogen-bond donors (Lipinski definition) is 1. The fourth-order valence-corrected chi connectivity index (χ4v) is 2.74. The standard InChI is InChI=1S/C18H25FN2O2/c1-13-8-10-21(11-9-13)17(23)18(2,3)16(22)20-12-14-6-4-5-7-15(14)19/h4-7,13H,8-12H2,1-3H3,(H,20,22). The van der Waals surface area contributed by atoms with E-state index >= 15 is 0 Å². The smallest absolute Gasteiger partial charge is 0.237 e. The summed E-state index contributed by atoms with van der Waals surface area (Å²) in [4.78, 5) is 26.8. The topological polar surface area (TPSA) is 49.4 Å². The summed E-state index contributed by atoms with van der Waals surface area (Å²) < 4.78 is 13.6.